The van der Waals surface area contributed by atoms with Crippen molar-refractivity contribution in [3.8, 4) is 17.0 Å². The highest BCUT2D eigenvalue weighted by Gasteiger charge is 2.30. The molecule has 0 aliphatic heterocycles. The number of anilines is 1. The van der Waals surface area contributed by atoms with Crippen molar-refractivity contribution < 1.29 is 14.6 Å². The molecular formula is C18H22N6O3S. The zero-order chi connectivity index (χ0) is 20.6. The minimum atomic E-state index is -1.14. The third-order valence-corrected chi connectivity index (χ3v) is 5.19. The second-order valence-electron chi connectivity index (χ2n) is 6.89. The van der Waals surface area contributed by atoms with Gasteiger partial charge in [-0.15, -0.1) is 11.3 Å². The van der Waals surface area contributed by atoms with E-state index in [9.17, 15) is 9.90 Å². The van der Waals surface area contributed by atoms with Crippen molar-refractivity contribution >= 4 is 33.1 Å². The van der Waals surface area contributed by atoms with E-state index in [1.165, 1.54) is 0 Å². The summed E-state index contributed by atoms with van der Waals surface area (Å²) in [6, 6.07) is 1.75. The molecule has 148 valence electrons. The maximum atomic E-state index is 11.8. The number of amides is 1. The van der Waals surface area contributed by atoms with Crippen LogP contribution < -0.4 is 21.9 Å². The summed E-state index contributed by atoms with van der Waals surface area (Å²) in [6.45, 7) is 5.67. The largest absolute Gasteiger partial charge is 0.492 e. The fraction of sp³-hybridized carbons (Fsp3) is 0.333. The highest BCUT2D eigenvalue weighted by molar-refractivity contribution is 7.21. The molecule has 7 N–H and O–H groups in total. The van der Waals surface area contributed by atoms with Gasteiger partial charge >= 0.3 is 0 Å². The Morgan fingerprint density at radius 1 is 1.36 bits per heavy atom. The van der Waals surface area contributed by atoms with E-state index in [1.54, 1.807) is 32.3 Å². The summed E-state index contributed by atoms with van der Waals surface area (Å²) in [7, 11) is 0. The molecule has 0 aliphatic rings. The first-order valence-corrected chi connectivity index (χ1v) is 9.40. The van der Waals surface area contributed by atoms with Gasteiger partial charge < -0.3 is 27.0 Å². The first-order chi connectivity index (χ1) is 13.1. The maximum absolute atomic E-state index is 11.8. The number of hydrogen-bond donors (Lipinski definition) is 4. The Kier molecular flexibility index (Phi) is 5.20. The molecule has 3 rings (SSSR count). The van der Waals surface area contributed by atoms with Crippen LogP contribution in [0.25, 0.3) is 21.5 Å². The van der Waals surface area contributed by atoms with Crippen LogP contribution in [0.1, 0.15) is 42.4 Å². The summed E-state index contributed by atoms with van der Waals surface area (Å²) in [5, 5.41) is 11.1. The molecule has 0 aliphatic carbocycles. The van der Waals surface area contributed by atoms with Crippen LogP contribution in [0.5, 0.6) is 5.75 Å². The Morgan fingerprint density at radius 2 is 2.07 bits per heavy atom. The molecule has 0 spiro atoms. The van der Waals surface area contributed by atoms with Gasteiger partial charge in [0.15, 0.2) is 5.82 Å². The Labute approximate surface area is 165 Å². The average Bonchev–Trinajstić information content (AvgIpc) is 2.97. The van der Waals surface area contributed by atoms with Crippen LogP contribution in [0.15, 0.2) is 18.5 Å². The van der Waals surface area contributed by atoms with E-state index in [0.717, 1.165) is 11.3 Å². The standard InChI is InChI=1S/C18H22N6O3S/c1-4-27-9-5-8(6-22-7-9)12-10-11(19)13(15(20)26)28-17(10)24-16(23-12)14(25)18(2,3)21/h5-7,14,25H,4,19,21H2,1-3H3,(H2,20,26). The number of carbonyl (C=O) groups is 1. The van der Waals surface area contributed by atoms with Gasteiger partial charge in [0.05, 0.1) is 29.6 Å². The Bertz CT molecular complexity index is 1040. The molecule has 9 nitrogen and oxygen atoms in total. The number of pyridine rings is 1. The van der Waals surface area contributed by atoms with Crippen molar-refractivity contribution in [2.24, 2.45) is 11.5 Å². The van der Waals surface area contributed by atoms with E-state index in [-0.39, 0.29) is 16.4 Å². The smallest absolute Gasteiger partial charge is 0.260 e. The Hall–Kier alpha value is -2.82. The quantitative estimate of drug-likeness (QED) is 0.483. The van der Waals surface area contributed by atoms with Crippen molar-refractivity contribution in [1.82, 2.24) is 15.0 Å². The molecule has 0 bridgehead atoms. The molecular weight excluding hydrogens is 380 g/mol. The molecule has 0 saturated carbocycles. The predicted octanol–water partition coefficient (Wildman–Crippen LogP) is 1.60. The second-order valence-corrected chi connectivity index (χ2v) is 7.88. The van der Waals surface area contributed by atoms with Crippen LogP contribution in [0.3, 0.4) is 0 Å². The molecule has 10 heteroatoms. The number of thiophene rings is 1. The number of hydrogen-bond acceptors (Lipinski definition) is 9. The number of nitrogen functional groups attached to an aromatic ring is 1. The van der Waals surface area contributed by atoms with Crippen LogP contribution in [-0.2, 0) is 0 Å². The molecule has 1 atom stereocenters. The van der Waals surface area contributed by atoms with E-state index in [0.29, 0.717) is 33.8 Å². The number of aliphatic hydroxyl groups excluding tert-OH is 1. The Balaban J connectivity index is 2.32. The van der Waals surface area contributed by atoms with Crippen LogP contribution in [0.2, 0.25) is 0 Å². The molecule has 1 unspecified atom stereocenters. The monoisotopic (exact) mass is 402 g/mol. The number of ether oxygens (including phenoxy) is 1. The van der Waals surface area contributed by atoms with Gasteiger partial charge in [-0.05, 0) is 26.8 Å². The van der Waals surface area contributed by atoms with Gasteiger partial charge in [-0.3, -0.25) is 9.78 Å². The van der Waals surface area contributed by atoms with Gasteiger partial charge in [-0.1, -0.05) is 0 Å². The van der Waals surface area contributed by atoms with Crippen molar-refractivity contribution in [1.29, 1.82) is 0 Å². The summed E-state index contributed by atoms with van der Waals surface area (Å²) in [5.41, 5.74) is 17.9. The van der Waals surface area contributed by atoms with E-state index in [2.05, 4.69) is 15.0 Å². The topological polar surface area (TPSA) is 163 Å². The van der Waals surface area contributed by atoms with Crippen molar-refractivity contribution in [3.63, 3.8) is 0 Å². The van der Waals surface area contributed by atoms with E-state index < -0.39 is 17.6 Å². The minimum absolute atomic E-state index is 0.120. The molecule has 1 amide bonds. The lowest BCUT2D eigenvalue weighted by Crippen LogP contribution is -2.40. The van der Waals surface area contributed by atoms with Gasteiger partial charge in [-0.2, -0.15) is 0 Å². The lowest BCUT2D eigenvalue weighted by molar-refractivity contribution is 0.0964. The average molecular weight is 402 g/mol. The van der Waals surface area contributed by atoms with Crippen LogP contribution in [0, 0.1) is 0 Å². The van der Waals surface area contributed by atoms with Gasteiger partial charge in [-0.25, -0.2) is 9.97 Å². The molecule has 28 heavy (non-hydrogen) atoms. The van der Waals surface area contributed by atoms with Gasteiger partial charge in [0.25, 0.3) is 5.91 Å². The SMILES string of the molecule is CCOc1cncc(-c2nc(C(O)C(C)(C)N)nc3sc(C(N)=O)c(N)c23)c1. The summed E-state index contributed by atoms with van der Waals surface area (Å²) in [6.07, 6.45) is 2.03. The molecule has 3 aromatic rings. The predicted molar refractivity (Wildman–Crippen MR) is 108 cm³/mol. The van der Waals surface area contributed by atoms with Crippen molar-refractivity contribution in [3.05, 3.63) is 29.2 Å². The molecule has 0 fully saturated rings. The van der Waals surface area contributed by atoms with E-state index in [1.807, 2.05) is 6.92 Å². The third-order valence-electron chi connectivity index (χ3n) is 4.08. The van der Waals surface area contributed by atoms with Gasteiger partial charge in [0.2, 0.25) is 0 Å². The fourth-order valence-electron chi connectivity index (χ4n) is 2.68. The van der Waals surface area contributed by atoms with Crippen molar-refractivity contribution in [2.75, 3.05) is 12.3 Å². The number of aliphatic hydroxyl groups is 1. The lowest BCUT2D eigenvalue weighted by Gasteiger charge is -2.24. The molecule has 0 saturated heterocycles. The second kappa shape index (κ2) is 7.30. The number of nitrogens with two attached hydrogens (primary N) is 3. The maximum Gasteiger partial charge on any atom is 0.260 e. The van der Waals surface area contributed by atoms with Crippen LogP contribution in [0.4, 0.5) is 5.69 Å². The number of primary amides is 1. The third kappa shape index (κ3) is 3.61. The van der Waals surface area contributed by atoms with Gasteiger partial charge in [0, 0.05) is 17.3 Å². The zero-order valence-corrected chi connectivity index (χ0v) is 16.6. The van der Waals surface area contributed by atoms with Gasteiger partial charge in [0.1, 0.15) is 21.6 Å². The molecule has 3 heterocycles. The summed E-state index contributed by atoms with van der Waals surface area (Å²) in [4.78, 5) is 25.4. The molecule has 0 radical (unpaired) electrons. The van der Waals surface area contributed by atoms with E-state index >= 15 is 0 Å². The van der Waals surface area contributed by atoms with E-state index in [4.69, 9.17) is 21.9 Å². The number of aromatic nitrogens is 3. The number of carbonyl (C=O) groups excluding carboxylic acids is 1. The lowest BCUT2D eigenvalue weighted by atomic mass is 9.98. The minimum Gasteiger partial charge on any atom is -0.492 e. The highest BCUT2D eigenvalue weighted by Crippen LogP contribution is 2.39. The summed E-state index contributed by atoms with van der Waals surface area (Å²) < 4.78 is 5.51. The van der Waals surface area contributed by atoms with Crippen molar-refractivity contribution in [2.45, 2.75) is 32.4 Å². The summed E-state index contributed by atoms with van der Waals surface area (Å²) >= 11 is 1.04. The number of nitrogens with zero attached hydrogens (tertiary/aromatic N) is 3. The number of fused-ring (bicyclic) bond motifs is 1. The first kappa shape index (κ1) is 19.9. The Morgan fingerprint density at radius 3 is 2.68 bits per heavy atom. The summed E-state index contributed by atoms with van der Waals surface area (Å²) in [5.74, 6) is 0.0138. The van der Waals surface area contributed by atoms with Crippen LogP contribution in [-0.4, -0.2) is 38.1 Å². The highest BCUT2D eigenvalue weighted by atomic mass is 32.1. The molecule has 0 aromatic carbocycles. The van der Waals surface area contributed by atoms with Crippen LogP contribution >= 0.6 is 11.3 Å². The first-order valence-electron chi connectivity index (χ1n) is 8.58. The number of rotatable bonds is 6. The fourth-order valence-corrected chi connectivity index (χ4v) is 3.63. The molecule has 3 aromatic heterocycles. The zero-order valence-electron chi connectivity index (χ0n) is 15.8. The normalized spacial score (nSPS) is 12.9.